The molecule has 0 fully saturated rings. The Morgan fingerprint density at radius 3 is 0.714 bits per heavy atom. The molecule has 0 aliphatic heterocycles. The molecule has 0 aliphatic carbocycles. The standard InChI is InChI=1S/2ClH.3H2O.O.V/h2*1H;3*1H2;;/q;;;;;;+2/p-2. The first-order valence-electron chi connectivity index (χ1n) is 0.183. The molecule has 0 bridgehead atoms. The van der Waals surface area contributed by atoms with Gasteiger partial charge >= 0.3 is 21.0 Å². The molecule has 0 radical (unpaired) electrons. The summed E-state index contributed by atoms with van der Waals surface area (Å²) >= 11 is 1.06. The predicted octanol–water partition coefficient (Wildman–Crippen LogP) is -8.59. The number of hydrogen-bond acceptors (Lipinski definition) is 1. The van der Waals surface area contributed by atoms with Crippen LogP contribution in [-0.2, 0) is 21.0 Å². The van der Waals surface area contributed by atoms with Gasteiger partial charge in [-0.3, -0.25) is 0 Å². The molecule has 7 heteroatoms. The van der Waals surface area contributed by atoms with Crippen LogP contribution in [0.25, 0.3) is 0 Å². The van der Waals surface area contributed by atoms with Gasteiger partial charge in [0.05, 0.1) is 0 Å². The molecule has 7 heavy (non-hydrogen) atoms. The van der Waals surface area contributed by atoms with Crippen molar-refractivity contribution in [2.45, 2.75) is 0 Å². The van der Waals surface area contributed by atoms with Crippen molar-refractivity contribution >= 4 is 0 Å². The Kier molecular flexibility index (Phi) is 5060. The third-order valence-electron chi connectivity index (χ3n) is 0. The molecule has 0 rings (SSSR count). The van der Waals surface area contributed by atoms with Crippen LogP contribution in [0.5, 0.6) is 0 Å². The number of hydrogen-bond donors (Lipinski definition) is 0. The molecule has 0 spiro atoms. The molecule has 0 saturated carbocycles. The average molecular weight is 192 g/mol. The quantitative estimate of drug-likeness (QED) is 0.372. The molecule has 0 aromatic rings. The SMILES string of the molecule is O.O.O.[Cl-].[Cl-].[O]=[V+2]. The molecule has 6 N–H and O–H groups in total. The van der Waals surface area contributed by atoms with Crippen LogP contribution < -0.4 is 24.8 Å². The topological polar surface area (TPSA) is 112 Å². The third kappa shape index (κ3) is 225. The maximum atomic E-state index is 8.19. The van der Waals surface area contributed by atoms with E-state index in [1.165, 1.54) is 0 Å². The van der Waals surface area contributed by atoms with E-state index < -0.39 is 0 Å². The molecule has 0 amide bonds. The van der Waals surface area contributed by atoms with Crippen molar-refractivity contribution in [3.05, 3.63) is 0 Å². The van der Waals surface area contributed by atoms with Gasteiger partial charge in [-0.1, -0.05) is 0 Å². The van der Waals surface area contributed by atoms with Gasteiger partial charge in [-0.25, -0.2) is 0 Å². The fourth-order valence-electron chi connectivity index (χ4n) is 0. The number of rotatable bonds is 0. The summed E-state index contributed by atoms with van der Waals surface area (Å²) < 4.78 is 8.19. The molecule has 4 nitrogen and oxygen atoms in total. The van der Waals surface area contributed by atoms with E-state index in [-0.39, 0.29) is 41.2 Å². The summed E-state index contributed by atoms with van der Waals surface area (Å²) in [6.07, 6.45) is 0. The van der Waals surface area contributed by atoms with Crippen LogP contribution in [0.2, 0.25) is 0 Å². The van der Waals surface area contributed by atoms with Crippen molar-refractivity contribution in [1.82, 2.24) is 0 Å². The second-order valence-corrected chi connectivity index (χ2v) is 0. The molecule has 49 valence electrons. The van der Waals surface area contributed by atoms with Gasteiger partial charge in [0.15, 0.2) is 0 Å². The Morgan fingerprint density at radius 2 is 0.714 bits per heavy atom. The van der Waals surface area contributed by atoms with Gasteiger partial charge in [-0.15, -0.1) is 0 Å². The molecule has 0 unspecified atom stereocenters. The summed E-state index contributed by atoms with van der Waals surface area (Å²) in [4.78, 5) is 0. The minimum absolute atomic E-state index is 0. The summed E-state index contributed by atoms with van der Waals surface area (Å²) in [5, 5.41) is 0. The van der Waals surface area contributed by atoms with Crippen LogP contribution >= 0.6 is 0 Å². The third-order valence-corrected chi connectivity index (χ3v) is 0. The fraction of sp³-hybridized carbons (Fsp3) is 0. The van der Waals surface area contributed by atoms with Crippen molar-refractivity contribution in [1.29, 1.82) is 0 Å². The summed E-state index contributed by atoms with van der Waals surface area (Å²) in [5.74, 6) is 0. The summed E-state index contributed by atoms with van der Waals surface area (Å²) in [6.45, 7) is 0. The van der Waals surface area contributed by atoms with Gasteiger partial charge in [-0.2, -0.15) is 0 Å². The van der Waals surface area contributed by atoms with Gasteiger partial charge in [-0.05, 0) is 0 Å². The Morgan fingerprint density at radius 1 is 0.714 bits per heavy atom. The molecular formula is H6Cl2O4V. The van der Waals surface area contributed by atoms with Crippen molar-refractivity contribution < 1.29 is 62.3 Å². The van der Waals surface area contributed by atoms with E-state index in [4.69, 9.17) is 3.67 Å². The van der Waals surface area contributed by atoms with E-state index in [1.807, 2.05) is 0 Å². The first kappa shape index (κ1) is 108. The summed E-state index contributed by atoms with van der Waals surface area (Å²) in [6, 6.07) is 0. The molecule has 0 heterocycles. The Balaban J connectivity index is -0.000000000500. The van der Waals surface area contributed by atoms with E-state index in [1.54, 1.807) is 0 Å². The predicted molar refractivity (Wildman–Crippen MR) is 11.5 cm³/mol. The van der Waals surface area contributed by atoms with Gasteiger partial charge in [0.1, 0.15) is 0 Å². The molecule has 0 atom stereocenters. The first-order chi connectivity index (χ1) is 1.00. The van der Waals surface area contributed by atoms with Gasteiger partial charge in [0.25, 0.3) is 0 Å². The van der Waals surface area contributed by atoms with Gasteiger partial charge < -0.3 is 41.2 Å². The fourth-order valence-corrected chi connectivity index (χ4v) is 0. The molecular weight excluding hydrogens is 186 g/mol. The average Bonchev–Trinajstić information content (AvgIpc) is 1.00. The van der Waals surface area contributed by atoms with Crippen LogP contribution in [0.1, 0.15) is 0 Å². The Hall–Kier alpha value is 0.844. The zero-order chi connectivity index (χ0) is 2.00. The van der Waals surface area contributed by atoms with Gasteiger partial charge in [0.2, 0.25) is 0 Å². The van der Waals surface area contributed by atoms with Crippen molar-refractivity contribution in [3.8, 4) is 0 Å². The normalized spacial score (nSPS) is 0.857. The van der Waals surface area contributed by atoms with E-state index >= 15 is 0 Å². The van der Waals surface area contributed by atoms with Crippen molar-refractivity contribution in [3.63, 3.8) is 0 Å². The second-order valence-electron chi connectivity index (χ2n) is 0. The molecule has 0 aromatic carbocycles. The van der Waals surface area contributed by atoms with Crippen LogP contribution in [0.4, 0.5) is 0 Å². The second kappa shape index (κ2) is 328. The Bertz CT molecular complexity index is 9.65. The summed E-state index contributed by atoms with van der Waals surface area (Å²) in [7, 11) is 0. The summed E-state index contributed by atoms with van der Waals surface area (Å²) in [5.41, 5.74) is 0. The Labute approximate surface area is 62.6 Å². The first-order valence-corrected chi connectivity index (χ1v) is 0.753. The van der Waals surface area contributed by atoms with Gasteiger partial charge in [0, 0.05) is 0 Å². The molecule has 0 aromatic heterocycles. The van der Waals surface area contributed by atoms with E-state index in [2.05, 4.69) is 0 Å². The number of halogens is 2. The maximum absolute atomic E-state index is 8.19. The zero-order valence-electron chi connectivity index (χ0n) is 3.11. The zero-order valence-corrected chi connectivity index (χ0v) is 6.02. The van der Waals surface area contributed by atoms with E-state index in [0.29, 0.717) is 0 Å². The van der Waals surface area contributed by atoms with E-state index in [0.717, 1.165) is 17.4 Å². The molecule has 0 aliphatic rings. The van der Waals surface area contributed by atoms with Crippen LogP contribution in [-0.4, -0.2) is 16.4 Å². The van der Waals surface area contributed by atoms with E-state index in [9.17, 15) is 0 Å². The van der Waals surface area contributed by atoms with Crippen LogP contribution in [0.15, 0.2) is 0 Å². The van der Waals surface area contributed by atoms with Crippen LogP contribution in [0, 0.1) is 0 Å². The molecule has 0 saturated heterocycles. The monoisotopic (exact) mass is 191 g/mol. The van der Waals surface area contributed by atoms with Crippen molar-refractivity contribution in [2.75, 3.05) is 0 Å². The van der Waals surface area contributed by atoms with Crippen molar-refractivity contribution in [2.24, 2.45) is 0 Å². The van der Waals surface area contributed by atoms with Crippen LogP contribution in [0.3, 0.4) is 0 Å². The minimum atomic E-state index is 0.